The number of β-amino-alcohol motifs (C(OH)–C–C–N with tert-alkyl or cyclic N) is 1. The summed E-state index contributed by atoms with van der Waals surface area (Å²) in [4.78, 5) is 6.07. The standard InChI is InChI=1S/C17H22FN3O3/c1-11-17(24-10-20-11)9-23-16-5-12-2-3-21(8-14(22)6-19)7-13(12)4-15(16)18/h4-5,10,14,22H,2-3,6-9,19H2,1H3. The first-order valence-corrected chi connectivity index (χ1v) is 8.00. The van der Waals surface area contributed by atoms with Crippen LogP contribution in [0.15, 0.2) is 22.9 Å². The Morgan fingerprint density at radius 2 is 2.29 bits per heavy atom. The van der Waals surface area contributed by atoms with Crippen molar-refractivity contribution in [2.75, 3.05) is 19.6 Å². The topological polar surface area (TPSA) is 84.8 Å². The van der Waals surface area contributed by atoms with Gasteiger partial charge in [0.1, 0.15) is 6.61 Å². The van der Waals surface area contributed by atoms with Gasteiger partial charge in [-0.25, -0.2) is 9.37 Å². The predicted octanol–water partition coefficient (Wildman–Crippen LogP) is 1.38. The Morgan fingerprint density at radius 3 is 3.00 bits per heavy atom. The molecule has 1 aromatic carbocycles. The van der Waals surface area contributed by atoms with Gasteiger partial charge in [-0.15, -0.1) is 0 Å². The van der Waals surface area contributed by atoms with Crippen LogP contribution in [0.2, 0.25) is 0 Å². The maximum Gasteiger partial charge on any atom is 0.181 e. The summed E-state index contributed by atoms with van der Waals surface area (Å²) in [7, 11) is 0. The summed E-state index contributed by atoms with van der Waals surface area (Å²) in [6.45, 7) is 4.10. The zero-order chi connectivity index (χ0) is 17.1. The second kappa shape index (κ2) is 7.29. The molecule has 0 aliphatic carbocycles. The quantitative estimate of drug-likeness (QED) is 0.830. The first kappa shape index (κ1) is 16.9. The van der Waals surface area contributed by atoms with Crippen LogP contribution in [0.25, 0.3) is 0 Å². The lowest BCUT2D eigenvalue weighted by Crippen LogP contribution is -2.39. The number of aryl methyl sites for hydroxylation is 1. The Balaban J connectivity index is 1.68. The molecule has 0 fully saturated rings. The summed E-state index contributed by atoms with van der Waals surface area (Å²) >= 11 is 0. The monoisotopic (exact) mass is 335 g/mol. The van der Waals surface area contributed by atoms with E-state index < -0.39 is 11.9 Å². The summed E-state index contributed by atoms with van der Waals surface area (Å²) in [6.07, 6.45) is 1.58. The molecule has 24 heavy (non-hydrogen) atoms. The molecule has 0 amide bonds. The Labute approximate surface area is 140 Å². The minimum atomic E-state index is -0.552. The van der Waals surface area contributed by atoms with Gasteiger partial charge in [0, 0.05) is 26.2 Å². The normalized spacial score (nSPS) is 16.0. The Kier molecular flexibility index (Phi) is 5.13. The molecule has 3 N–H and O–H groups in total. The number of oxazole rings is 1. The first-order chi connectivity index (χ1) is 11.6. The van der Waals surface area contributed by atoms with E-state index in [-0.39, 0.29) is 18.9 Å². The molecule has 3 rings (SSSR count). The number of halogens is 1. The molecule has 1 aliphatic rings. The van der Waals surface area contributed by atoms with Crippen molar-refractivity contribution in [1.82, 2.24) is 9.88 Å². The van der Waals surface area contributed by atoms with Crippen molar-refractivity contribution >= 4 is 0 Å². The van der Waals surface area contributed by atoms with Crippen LogP contribution in [0.5, 0.6) is 5.75 Å². The number of hydrogen-bond donors (Lipinski definition) is 2. The van der Waals surface area contributed by atoms with Crippen LogP contribution in [-0.4, -0.2) is 40.7 Å². The molecular formula is C17H22FN3O3. The number of nitrogens with zero attached hydrogens (tertiary/aromatic N) is 2. The van der Waals surface area contributed by atoms with Crippen LogP contribution in [0.1, 0.15) is 22.6 Å². The lowest BCUT2D eigenvalue weighted by atomic mass is 9.99. The highest BCUT2D eigenvalue weighted by atomic mass is 19.1. The molecule has 0 saturated heterocycles. The van der Waals surface area contributed by atoms with Crippen molar-refractivity contribution in [2.24, 2.45) is 5.73 Å². The van der Waals surface area contributed by atoms with Crippen molar-refractivity contribution in [1.29, 1.82) is 0 Å². The zero-order valence-electron chi connectivity index (χ0n) is 13.7. The fourth-order valence-electron chi connectivity index (χ4n) is 2.86. The molecule has 7 heteroatoms. The number of aliphatic hydroxyl groups excluding tert-OH is 1. The fourth-order valence-corrected chi connectivity index (χ4v) is 2.86. The number of benzene rings is 1. The second-order valence-corrected chi connectivity index (χ2v) is 6.08. The summed E-state index contributed by atoms with van der Waals surface area (Å²) in [5, 5.41) is 9.66. The molecule has 2 aromatic rings. The third kappa shape index (κ3) is 3.75. The molecule has 1 atom stereocenters. The number of nitrogens with two attached hydrogens (primary N) is 1. The SMILES string of the molecule is Cc1ncoc1COc1cc2c(cc1F)CN(CC(O)CN)CC2. The lowest BCUT2D eigenvalue weighted by molar-refractivity contribution is 0.111. The van der Waals surface area contributed by atoms with Crippen LogP contribution in [0, 0.1) is 12.7 Å². The van der Waals surface area contributed by atoms with E-state index in [2.05, 4.69) is 9.88 Å². The van der Waals surface area contributed by atoms with Crippen molar-refractivity contribution in [2.45, 2.75) is 32.6 Å². The first-order valence-electron chi connectivity index (χ1n) is 8.00. The van der Waals surface area contributed by atoms with Gasteiger partial charge in [-0.3, -0.25) is 4.90 Å². The zero-order valence-corrected chi connectivity index (χ0v) is 13.7. The van der Waals surface area contributed by atoms with Crippen LogP contribution < -0.4 is 10.5 Å². The van der Waals surface area contributed by atoms with E-state index in [1.807, 2.05) is 6.92 Å². The molecule has 0 radical (unpaired) electrons. The van der Waals surface area contributed by atoms with Gasteiger partial charge in [-0.2, -0.15) is 0 Å². The Hall–Kier alpha value is -1.96. The molecular weight excluding hydrogens is 313 g/mol. The van der Waals surface area contributed by atoms with Crippen LogP contribution in [-0.2, 0) is 19.6 Å². The van der Waals surface area contributed by atoms with Crippen molar-refractivity contribution in [3.8, 4) is 5.75 Å². The highest BCUT2D eigenvalue weighted by molar-refractivity contribution is 5.38. The van der Waals surface area contributed by atoms with Crippen molar-refractivity contribution in [3.05, 3.63) is 46.9 Å². The second-order valence-electron chi connectivity index (χ2n) is 6.08. The molecule has 1 aliphatic heterocycles. The van der Waals surface area contributed by atoms with E-state index in [4.69, 9.17) is 14.9 Å². The number of fused-ring (bicyclic) bond motifs is 1. The third-order valence-corrected chi connectivity index (χ3v) is 4.29. The summed E-state index contributed by atoms with van der Waals surface area (Å²) in [5.41, 5.74) is 8.18. The largest absolute Gasteiger partial charge is 0.482 e. The summed E-state index contributed by atoms with van der Waals surface area (Å²) in [6, 6.07) is 3.27. The van der Waals surface area contributed by atoms with Gasteiger partial charge >= 0.3 is 0 Å². The highest BCUT2D eigenvalue weighted by Crippen LogP contribution is 2.28. The molecule has 6 nitrogen and oxygen atoms in total. The van der Waals surface area contributed by atoms with Crippen LogP contribution in [0.3, 0.4) is 0 Å². The van der Waals surface area contributed by atoms with E-state index in [1.54, 1.807) is 6.07 Å². The number of ether oxygens (including phenoxy) is 1. The summed E-state index contributed by atoms with van der Waals surface area (Å²) in [5.74, 6) is 0.418. The Morgan fingerprint density at radius 1 is 1.46 bits per heavy atom. The predicted molar refractivity (Wildman–Crippen MR) is 86.0 cm³/mol. The van der Waals surface area contributed by atoms with E-state index in [1.165, 1.54) is 12.5 Å². The average Bonchev–Trinajstić information content (AvgIpc) is 2.98. The highest BCUT2D eigenvalue weighted by Gasteiger charge is 2.21. The molecule has 0 bridgehead atoms. The number of rotatable bonds is 6. The third-order valence-electron chi connectivity index (χ3n) is 4.29. The van der Waals surface area contributed by atoms with Crippen molar-refractivity contribution in [3.63, 3.8) is 0 Å². The van der Waals surface area contributed by atoms with Crippen molar-refractivity contribution < 1.29 is 18.7 Å². The maximum atomic E-state index is 14.3. The maximum absolute atomic E-state index is 14.3. The molecule has 2 heterocycles. The molecule has 130 valence electrons. The van der Waals surface area contributed by atoms with E-state index in [0.717, 1.165) is 29.8 Å². The van der Waals surface area contributed by atoms with Gasteiger partial charge in [-0.1, -0.05) is 0 Å². The van der Waals surface area contributed by atoms with E-state index >= 15 is 0 Å². The van der Waals surface area contributed by atoms with Gasteiger partial charge < -0.3 is 20.0 Å². The minimum absolute atomic E-state index is 0.149. The lowest BCUT2D eigenvalue weighted by Gasteiger charge is -2.30. The molecule has 0 spiro atoms. The fraction of sp³-hybridized carbons (Fsp3) is 0.471. The van der Waals surface area contributed by atoms with Crippen LogP contribution in [0.4, 0.5) is 4.39 Å². The van der Waals surface area contributed by atoms with Gasteiger partial charge in [0.15, 0.2) is 23.7 Å². The number of aromatic nitrogens is 1. The molecule has 1 aromatic heterocycles. The van der Waals surface area contributed by atoms with E-state index in [0.29, 0.717) is 18.8 Å². The number of aliphatic hydroxyl groups is 1. The smallest absolute Gasteiger partial charge is 0.181 e. The van der Waals surface area contributed by atoms with Gasteiger partial charge in [0.2, 0.25) is 0 Å². The summed E-state index contributed by atoms with van der Waals surface area (Å²) < 4.78 is 25.1. The van der Waals surface area contributed by atoms with Crippen LogP contribution >= 0.6 is 0 Å². The number of hydrogen-bond acceptors (Lipinski definition) is 6. The van der Waals surface area contributed by atoms with Gasteiger partial charge in [-0.05, 0) is 36.6 Å². The molecule has 1 unspecified atom stereocenters. The Bertz CT molecular complexity index is 704. The molecule has 0 saturated carbocycles. The van der Waals surface area contributed by atoms with E-state index in [9.17, 15) is 9.50 Å². The minimum Gasteiger partial charge on any atom is -0.482 e. The average molecular weight is 335 g/mol. The van der Waals surface area contributed by atoms with Gasteiger partial charge in [0.25, 0.3) is 0 Å². The van der Waals surface area contributed by atoms with Gasteiger partial charge in [0.05, 0.1) is 11.8 Å².